The summed E-state index contributed by atoms with van der Waals surface area (Å²) in [5.74, 6) is -1.55. The number of hydrogen-bond acceptors (Lipinski definition) is 3. The Hall–Kier alpha value is -1.04. The molecule has 110 valence electrons. The first-order valence-electron chi connectivity index (χ1n) is 7.16. The number of nitrogens with one attached hydrogen (secondary N) is 1. The minimum atomic E-state index is -0.796. The van der Waals surface area contributed by atoms with Crippen LogP contribution in [-0.4, -0.2) is 43.8 Å². The molecule has 0 spiro atoms. The van der Waals surface area contributed by atoms with E-state index in [0.717, 1.165) is 12.6 Å². The molecule has 2 atom stereocenters. The van der Waals surface area contributed by atoms with Crippen molar-refractivity contribution < 1.29 is 13.5 Å². The van der Waals surface area contributed by atoms with Crippen LogP contribution in [0.4, 0.5) is 8.78 Å². The number of ether oxygens (including phenoxy) is 1. The molecule has 1 aliphatic heterocycles. The van der Waals surface area contributed by atoms with Crippen LogP contribution in [0.5, 0.6) is 0 Å². The molecule has 0 amide bonds. The van der Waals surface area contributed by atoms with Crippen molar-refractivity contribution in [3.8, 4) is 0 Å². The number of morpholine rings is 1. The third-order valence-corrected chi connectivity index (χ3v) is 4.09. The normalized spacial score (nSPS) is 27.8. The second-order valence-corrected chi connectivity index (χ2v) is 5.66. The Morgan fingerprint density at radius 3 is 2.90 bits per heavy atom. The molecule has 0 aromatic heterocycles. The average Bonchev–Trinajstić information content (AvgIpc) is 3.24. The van der Waals surface area contributed by atoms with Gasteiger partial charge in [-0.2, -0.15) is 0 Å². The molecule has 2 aliphatic rings. The van der Waals surface area contributed by atoms with E-state index < -0.39 is 11.6 Å². The Labute approximate surface area is 117 Å². The molecule has 2 unspecified atom stereocenters. The minimum absolute atomic E-state index is 0.148. The van der Waals surface area contributed by atoms with Crippen molar-refractivity contribution >= 4 is 0 Å². The van der Waals surface area contributed by atoms with E-state index in [4.69, 9.17) is 4.74 Å². The van der Waals surface area contributed by atoms with Crippen molar-refractivity contribution in [2.24, 2.45) is 0 Å². The third kappa shape index (κ3) is 2.85. The lowest BCUT2D eigenvalue weighted by Gasteiger charge is -2.39. The van der Waals surface area contributed by atoms with Gasteiger partial charge in [0, 0.05) is 24.7 Å². The highest BCUT2D eigenvalue weighted by molar-refractivity contribution is 5.24. The number of hydrogen-bond donors (Lipinski definition) is 1. The predicted octanol–water partition coefficient (Wildman–Crippen LogP) is 2.09. The van der Waals surface area contributed by atoms with Crippen LogP contribution >= 0.6 is 0 Å². The molecule has 1 aromatic rings. The summed E-state index contributed by atoms with van der Waals surface area (Å²) in [5.41, 5.74) is 0.384. The van der Waals surface area contributed by atoms with Crippen molar-refractivity contribution in [3.05, 3.63) is 35.4 Å². The molecule has 1 saturated carbocycles. The van der Waals surface area contributed by atoms with E-state index in [1.54, 1.807) is 12.1 Å². The summed E-state index contributed by atoms with van der Waals surface area (Å²) in [5, 5.41) is 3.41. The van der Waals surface area contributed by atoms with Gasteiger partial charge in [0.05, 0.1) is 18.8 Å². The molecule has 1 aliphatic carbocycles. The van der Waals surface area contributed by atoms with Crippen LogP contribution in [0.25, 0.3) is 0 Å². The monoisotopic (exact) mass is 282 g/mol. The van der Waals surface area contributed by atoms with Crippen LogP contribution in [0.3, 0.4) is 0 Å². The zero-order valence-corrected chi connectivity index (χ0v) is 11.6. The van der Waals surface area contributed by atoms with Crippen molar-refractivity contribution in [2.75, 3.05) is 26.7 Å². The second-order valence-electron chi connectivity index (χ2n) is 5.66. The van der Waals surface area contributed by atoms with Crippen LogP contribution in [-0.2, 0) is 4.74 Å². The van der Waals surface area contributed by atoms with Crippen molar-refractivity contribution in [2.45, 2.75) is 31.0 Å². The summed E-state index contributed by atoms with van der Waals surface area (Å²) in [7, 11) is 1.93. The Balaban J connectivity index is 1.82. The summed E-state index contributed by atoms with van der Waals surface area (Å²) in [6.45, 7) is 2.02. The van der Waals surface area contributed by atoms with Crippen LogP contribution in [0.2, 0.25) is 0 Å². The molecule has 2 fully saturated rings. The fraction of sp³-hybridized carbons (Fsp3) is 0.600. The van der Waals surface area contributed by atoms with E-state index in [9.17, 15) is 8.78 Å². The Morgan fingerprint density at radius 2 is 2.15 bits per heavy atom. The average molecular weight is 282 g/mol. The van der Waals surface area contributed by atoms with Crippen molar-refractivity contribution in [1.29, 1.82) is 0 Å². The van der Waals surface area contributed by atoms with Gasteiger partial charge in [-0.25, -0.2) is 8.78 Å². The minimum Gasteiger partial charge on any atom is -0.374 e. The molecule has 0 radical (unpaired) electrons. The van der Waals surface area contributed by atoms with E-state index in [2.05, 4.69) is 5.32 Å². The number of nitrogens with zero attached hydrogens (tertiary/aromatic N) is 1. The maximum atomic E-state index is 14.1. The topological polar surface area (TPSA) is 24.5 Å². The van der Waals surface area contributed by atoms with Gasteiger partial charge < -0.3 is 10.1 Å². The SMILES string of the molecule is CN1CCOC(CNC2CC2)C1c1cccc(F)c1F. The van der Waals surface area contributed by atoms with Gasteiger partial charge in [0.15, 0.2) is 11.6 Å². The predicted molar refractivity (Wildman–Crippen MR) is 72.5 cm³/mol. The molecule has 5 heteroatoms. The molecule has 20 heavy (non-hydrogen) atoms. The zero-order chi connectivity index (χ0) is 14.1. The van der Waals surface area contributed by atoms with Crippen LogP contribution in [0.15, 0.2) is 18.2 Å². The lowest BCUT2D eigenvalue weighted by atomic mass is 9.97. The molecule has 3 nitrogen and oxygen atoms in total. The summed E-state index contributed by atoms with van der Waals surface area (Å²) in [6, 6.07) is 4.69. The highest BCUT2D eigenvalue weighted by atomic mass is 19.2. The summed E-state index contributed by atoms with van der Waals surface area (Å²) < 4.78 is 33.3. The Kier molecular flexibility index (Phi) is 4.01. The van der Waals surface area contributed by atoms with Gasteiger partial charge in [-0.15, -0.1) is 0 Å². The standard InChI is InChI=1S/C15H20F2N2O/c1-19-7-8-20-13(9-18-10-5-6-10)15(19)11-3-2-4-12(16)14(11)17/h2-4,10,13,15,18H,5-9H2,1H3. The first-order chi connectivity index (χ1) is 9.66. The summed E-state index contributed by atoms with van der Waals surface area (Å²) >= 11 is 0. The molecule has 1 aromatic carbocycles. The highest BCUT2D eigenvalue weighted by Crippen LogP contribution is 2.31. The molecule has 1 heterocycles. The van der Waals surface area contributed by atoms with E-state index in [1.165, 1.54) is 12.8 Å². The fourth-order valence-corrected chi connectivity index (χ4v) is 2.79. The first-order valence-corrected chi connectivity index (χ1v) is 7.16. The number of rotatable bonds is 4. The van der Waals surface area contributed by atoms with Crippen molar-refractivity contribution in [3.63, 3.8) is 0 Å². The molecule has 1 saturated heterocycles. The van der Waals surface area contributed by atoms with Gasteiger partial charge in [-0.05, 0) is 26.0 Å². The van der Waals surface area contributed by atoms with E-state index in [0.29, 0.717) is 24.8 Å². The first kappa shape index (κ1) is 13.9. The summed E-state index contributed by atoms with van der Waals surface area (Å²) in [4.78, 5) is 2.04. The largest absolute Gasteiger partial charge is 0.374 e. The van der Waals surface area contributed by atoms with Crippen LogP contribution < -0.4 is 5.32 Å². The smallest absolute Gasteiger partial charge is 0.163 e. The van der Waals surface area contributed by atoms with Gasteiger partial charge >= 0.3 is 0 Å². The number of benzene rings is 1. The maximum absolute atomic E-state index is 14.1. The van der Waals surface area contributed by atoms with Crippen molar-refractivity contribution in [1.82, 2.24) is 10.2 Å². The lowest BCUT2D eigenvalue weighted by molar-refractivity contribution is -0.0626. The second kappa shape index (κ2) is 5.76. The van der Waals surface area contributed by atoms with E-state index in [1.807, 2.05) is 11.9 Å². The quantitative estimate of drug-likeness (QED) is 0.915. The lowest BCUT2D eigenvalue weighted by Crippen LogP contribution is -2.48. The highest BCUT2D eigenvalue weighted by Gasteiger charge is 2.35. The van der Waals surface area contributed by atoms with Crippen LogP contribution in [0, 0.1) is 11.6 Å². The van der Waals surface area contributed by atoms with Crippen LogP contribution in [0.1, 0.15) is 24.4 Å². The molecule has 0 bridgehead atoms. The van der Waals surface area contributed by atoms with E-state index >= 15 is 0 Å². The maximum Gasteiger partial charge on any atom is 0.163 e. The van der Waals surface area contributed by atoms with Gasteiger partial charge in [0.2, 0.25) is 0 Å². The number of likely N-dealkylation sites (N-methyl/N-ethyl adjacent to an activating group) is 1. The van der Waals surface area contributed by atoms with Gasteiger partial charge in [0.1, 0.15) is 0 Å². The Bertz CT molecular complexity index is 479. The molecule has 1 N–H and O–H groups in total. The van der Waals surface area contributed by atoms with Gasteiger partial charge in [-0.1, -0.05) is 12.1 Å². The summed E-state index contributed by atoms with van der Waals surface area (Å²) in [6.07, 6.45) is 2.24. The third-order valence-electron chi connectivity index (χ3n) is 4.09. The van der Waals surface area contributed by atoms with Gasteiger partial charge in [0.25, 0.3) is 0 Å². The molecular formula is C15H20F2N2O. The Morgan fingerprint density at radius 1 is 1.35 bits per heavy atom. The van der Waals surface area contributed by atoms with E-state index in [-0.39, 0.29) is 12.1 Å². The fourth-order valence-electron chi connectivity index (χ4n) is 2.79. The molecular weight excluding hydrogens is 262 g/mol. The zero-order valence-electron chi connectivity index (χ0n) is 11.6. The van der Waals surface area contributed by atoms with Gasteiger partial charge in [-0.3, -0.25) is 4.90 Å². The molecule has 3 rings (SSSR count). The number of halogens is 2.